The topological polar surface area (TPSA) is 71.9 Å². The molecule has 6 heteroatoms. The van der Waals surface area contributed by atoms with Crippen LogP contribution in [0.15, 0.2) is 36.5 Å². The average molecular weight is 339 g/mol. The molecule has 0 radical (unpaired) electrons. The van der Waals surface area contributed by atoms with E-state index in [-0.39, 0.29) is 5.69 Å². The Bertz CT molecular complexity index is 628. The monoisotopic (exact) mass is 339 g/mol. The summed E-state index contributed by atoms with van der Waals surface area (Å²) in [5, 5.41) is 19.9. The van der Waals surface area contributed by atoms with Gasteiger partial charge in [0.25, 0.3) is 5.69 Å². The minimum absolute atomic E-state index is 0.00963. The molecule has 0 aliphatic heterocycles. The Hall–Kier alpha value is -1.88. The molecule has 0 fully saturated rings. The zero-order valence-electron chi connectivity index (χ0n) is 8.50. The van der Waals surface area contributed by atoms with Gasteiger partial charge in [-0.25, -0.2) is 0 Å². The van der Waals surface area contributed by atoms with E-state index in [1.807, 2.05) is 28.7 Å². The van der Waals surface area contributed by atoms with Crippen LogP contribution in [0.2, 0.25) is 0 Å². The van der Waals surface area contributed by atoms with Crippen molar-refractivity contribution in [1.82, 2.24) is 4.57 Å². The molecule has 0 aliphatic rings. The van der Waals surface area contributed by atoms with Crippen molar-refractivity contribution >= 4 is 28.3 Å². The maximum absolute atomic E-state index is 11.0. The number of nitrogens with zero attached hydrogens (tertiary/aromatic N) is 3. The number of halogens is 1. The fraction of sp³-hybridized carbons (Fsp3) is 0. The first-order chi connectivity index (χ1) is 8.13. The molecule has 0 amide bonds. The summed E-state index contributed by atoms with van der Waals surface area (Å²) in [6.45, 7) is 0. The molecule has 0 saturated heterocycles. The zero-order valence-corrected chi connectivity index (χ0v) is 10.7. The van der Waals surface area contributed by atoms with Crippen LogP contribution < -0.4 is 0 Å². The Kier molecular flexibility index (Phi) is 3.10. The molecule has 2 rings (SSSR count). The highest BCUT2D eigenvalue weighted by atomic mass is 127. The van der Waals surface area contributed by atoms with E-state index in [9.17, 15) is 10.1 Å². The third kappa shape index (κ3) is 2.14. The van der Waals surface area contributed by atoms with E-state index in [1.54, 1.807) is 30.5 Å². The Morgan fingerprint density at radius 2 is 2.18 bits per heavy atom. The lowest BCUT2D eigenvalue weighted by atomic mass is 10.2. The van der Waals surface area contributed by atoms with E-state index < -0.39 is 4.92 Å². The van der Waals surface area contributed by atoms with Gasteiger partial charge in [0, 0.05) is 15.8 Å². The standard InChI is InChI=1S/C11H6IN3O2/c12-8-3-4-10(11(6-8)15(16)17)14-5-1-2-9(14)7-13/h1-6H. The molecule has 5 nitrogen and oxygen atoms in total. The predicted molar refractivity (Wildman–Crippen MR) is 69.9 cm³/mol. The van der Waals surface area contributed by atoms with E-state index >= 15 is 0 Å². The normalized spacial score (nSPS) is 9.88. The van der Waals surface area contributed by atoms with Crippen molar-refractivity contribution in [2.75, 3.05) is 0 Å². The lowest BCUT2D eigenvalue weighted by molar-refractivity contribution is -0.384. The summed E-state index contributed by atoms with van der Waals surface area (Å²) in [6.07, 6.45) is 1.63. The van der Waals surface area contributed by atoms with Crippen LogP contribution >= 0.6 is 22.6 Å². The largest absolute Gasteiger partial charge is 0.302 e. The van der Waals surface area contributed by atoms with Gasteiger partial charge in [-0.05, 0) is 46.9 Å². The number of hydrogen-bond acceptors (Lipinski definition) is 3. The van der Waals surface area contributed by atoms with Gasteiger partial charge in [-0.15, -0.1) is 0 Å². The minimum atomic E-state index is -0.446. The van der Waals surface area contributed by atoms with Gasteiger partial charge < -0.3 is 4.57 Å². The van der Waals surface area contributed by atoms with Gasteiger partial charge in [-0.3, -0.25) is 10.1 Å². The summed E-state index contributed by atoms with van der Waals surface area (Å²) >= 11 is 2.01. The summed E-state index contributed by atoms with van der Waals surface area (Å²) < 4.78 is 2.29. The van der Waals surface area contributed by atoms with Gasteiger partial charge in [-0.1, -0.05) is 0 Å². The second-order valence-corrected chi connectivity index (χ2v) is 4.51. The van der Waals surface area contributed by atoms with Crippen molar-refractivity contribution in [3.8, 4) is 11.8 Å². The molecule has 17 heavy (non-hydrogen) atoms. The maximum Gasteiger partial charge on any atom is 0.294 e. The number of nitro groups is 1. The molecule has 0 saturated carbocycles. The Balaban J connectivity index is 2.68. The van der Waals surface area contributed by atoms with Crippen LogP contribution in [0, 0.1) is 25.0 Å². The third-order valence-electron chi connectivity index (χ3n) is 2.26. The summed E-state index contributed by atoms with van der Waals surface area (Å²) in [4.78, 5) is 10.5. The van der Waals surface area contributed by atoms with Gasteiger partial charge in [0.15, 0.2) is 0 Å². The number of benzene rings is 1. The maximum atomic E-state index is 11.0. The van der Waals surface area contributed by atoms with E-state index in [0.29, 0.717) is 11.4 Å². The van der Waals surface area contributed by atoms with E-state index in [2.05, 4.69) is 0 Å². The van der Waals surface area contributed by atoms with Crippen molar-refractivity contribution in [3.05, 3.63) is 55.9 Å². The molecule has 0 bridgehead atoms. The second-order valence-electron chi connectivity index (χ2n) is 3.27. The second kappa shape index (κ2) is 4.55. The van der Waals surface area contributed by atoms with Crippen LogP contribution in [0.25, 0.3) is 5.69 Å². The average Bonchev–Trinajstić information content (AvgIpc) is 2.76. The molecule has 2 aromatic rings. The third-order valence-corrected chi connectivity index (χ3v) is 2.93. The highest BCUT2D eigenvalue weighted by Gasteiger charge is 2.17. The summed E-state index contributed by atoms with van der Waals surface area (Å²) in [7, 11) is 0. The molecule has 1 aromatic carbocycles. The number of nitriles is 1. The van der Waals surface area contributed by atoms with E-state index in [1.165, 1.54) is 10.6 Å². The van der Waals surface area contributed by atoms with Gasteiger partial charge in [0.2, 0.25) is 0 Å². The molecule has 0 N–H and O–H groups in total. The number of nitro benzene ring substituents is 1. The number of hydrogen-bond donors (Lipinski definition) is 0. The lowest BCUT2D eigenvalue weighted by Crippen LogP contribution is -2.01. The van der Waals surface area contributed by atoms with Crippen LogP contribution in [0.1, 0.15) is 5.69 Å². The molecule has 0 atom stereocenters. The van der Waals surface area contributed by atoms with Crippen LogP contribution in [-0.2, 0) is 0 Å². The molecule has 1 heterocycles. The molecule has 0 unspecified atom stereocenters. The molecule has 84 valence electrons. The minimum Gasteiger partial charge on any atom is -0.302 e. The molecule has 0 spiro atoms. The molecule has 0 aliphatic carbocycles. The van der Waals surface area contributed by atoms with Crippen LogP contribution in [0.4, 0.5) is 5.69 Å². The first-order valence-electron chi connectivity index (χ1n) is 4.65. The Labute approximate surface area is 111 Å². The van der Waals surface area contributed by atoms with Gasteiger partial charge in [-0.2, -0.15) is 5.26 Å². The highest BCUT2D eigenvalue weighted by molar-refractivity contribution is 14.1. The smallest absolute Gasteiger partial charge is 0.294 e. The fourth-order valence-corrected chi connectivity index (χ4v) is 2.00. The van der Waals surface area contributed by atoms with Crippen LogP contribution in [0.3, 0.4) is 0 Å². The Morgan fingerprint density at radius 3 is 2.82 bits per heavy atom. The van der Waals surface area contributed by atoms with Crippen LogP contribution in [-0.4, -0.2) is 9.49 Å². The van der Waals surface area contributed by atoms with Crippen molar-refractivity contribution < 1.29 is 4.92 Å². The summed E-state index contributed by atoms with van der Waals surface area (Å²) in [5.41, 5.74) is 0.760. The predicted octanol–water partition coefficient (Wildman–Crippen LogP) is 2.86. The first-order valence-corrected chi connectivity index (χ1v) is 5.73. The first kappa shape index (κ1) is 11.6. The van der Waals surface area contributed by atoms with Gasteiger partial charge in [0.05, 0.1) is 4.92 Å². The summed E-state index contributed by atoms with van der Waals surface area (Å²) in [5.74, 6) is 0. The molecular weight excluding hydrogens is 333 g/mol. The van der Waals surface area contributed by atoms with E-state index in [4.69, 9.17) is 5.26 Å². The van der Waals surface area contributed by atoms with Gasteiger partial charge in [0.1, 0.15) is 17.5 Å². The van der Waals surface area contributed by atoms with Gasteiger partial charge >= 0.3 is 0 Å². The SMILES string of the molecule is N#Cc1cccn1-c1ccc(I)cc1[N+](=O)[O-]. The lowest BCUT2D eigenvalue weighted by Gasteiger charge is -2.05. The highest BCUT2D eigenvalue weighted by Crippen LogP contribution is 2.26. The molecule has 1 aromatic heterocycles. The van der Waals surface area contributed by atoms with Crippen molar-refractivity contribution in [2.24, 2.45) is 0 Å². The number of rotatable bonds is 2. The summed E-state index contributed by atoms with van der Waals surface area (Å²) in [6, 6.07) is 10.2. The van der Waals surface area contributed by atoms with E-state index in [0.717, 1.165) is 3.57 Å². The van der Waals surface area contributed by atoms with Crippen LogP contribution in [0.5, 0.6) is 0 Å². The number of aromatic nitrogens is 1. The van der Waals surface area contributed by atoms with Crippen molar-refractivity contribution in [2.45, 2.75) is 0 Å². The van der Waals surface area contributed by atoms with Crippen molar-refractivity contribution in [3.63, 3.8) is 0 Å². The quantitative estimate of drug-likeness (QED) is 0.480. The zero-order chi connectivity index (χ0) is 12.4. The fourth-order valence-electron chi connectivity index (χ4n) is 1.53. The van der Waals surface area contributed by atoms with Crippen molar-refractivity contribution in [1.29, 1.82) is 5.26 Å². The Morgan fingerprint density at radius 1 is 1.41 bits per heavy atom. The molecular formula is C11H6IN3O2.